The number of para-hydroxylation sites is 1. The predicted molar refractivity (Wildman–Crippen MR) is 127 cm³/mol. The fraction of sp³-hybridized carbons (Fsp3) is 0. The first-order valence-corrected chi connectivity index (χ1v) is 10.0. The molecule has 0 fully saturated rings. The summed E-state index contributed by atoms with van der Waals surface area (Å²) in [7, 11) is 0. The number of aromatic nitrogens is 1. The molecule has 148 valence electrons. The van der Waals surface area contributed by atoms with E-state index in [9.17, 15) is 5.11 Å². The first-order valence-electron chi connectivity index (χ1n) is 10.0. The quantitative estimate of drug-likeness (QED) is 0.314. The second kappa shape index (κ2) is 8.20. The van der Waals surface area contributed by atoms with Crippen molar-refractivity contribution in [3.8, 4) is 5.75 Å². The highest BCUT2D eigenvalue weighted by molar-refractivity contribution is 5.95. The third kappa shape index (κ3) is 3.91. The van der Waals surface area contributed by atoms with Crippen molar-refractivity contribution in [2.45, 2.75) is 0 Å². The molecule has 0 atom stereocenters. The molecule has 4 heteroatoms. The zero-order chi connectivity index (χ0) is 21.0. The first-order chi connectivity index (χ1) is 15.3. The van der Waals surface area contributed by atoms with Crippen LogP contribution < -0.4 is 0 Å². The van der Waals surface area contributed by atoms with E-state index in [2.05, 4.69) is 33.4 Å². The Hall–Kier alpha value is -4.31. The van der Waals surface area contributed by atoms with Gasteiger partial charge in [-0.3, -0.25) is 4.98 Å². The summed E-state index contributed by atoms with van der Waals surface area (Å²) in [6.07, 6.45) is 5.99. The number of pyridine rings is 1. The second-order valence-corrected chi connectivity index (χ2v) is 7.20. The van der Waals surface area contributed by atoms with E-state index in [1.165, 1.54) is 0 Å². The lowest BCUT2D eigenvalue weighted by Gasteiger charge is -2.03. The standard InChI is InChI=1S/C27H19N3O/c31-26-16-13-20-5-1-2-7-24(20)27(26)30-29-22-14-10-19(11-15-22)9-12-21-17-18-28-25-8-4-3-6-23(21)25/h1-18,31H/b12-9+,30-29+. The first kappa shape index (κ1) is 18.7. The highest BCUT2D eigenvalue weighted by Gasteiger charge is 2.05. The fourth-order valence-corrected chi connectivity index (χ4v) is 3.56. The second-order valence-electron chi connectivity index (χ2n) is 7.20. The Morgan fingerprint density at radius 3 is 2.32 bits per heavy atom. The van der Waals surface area contributed by atoms with Gasteiger partial charge in [0.15, 0.2) is 0 Å². The van der Waals surface area contributed by atoms with Crippen LogP contribution in [0.2, 0.25) is 0 Å². The van der Waals surface area contributed by atoms with E-state index >= 15 is 0 Å². The smallest absolute Gasteiger partial charge is 0.143 e. The van der Waals surface area contributed by atoms with E-state index < -0.39 is 0 Å². The molecule has 0 amide bonds. The van der Waals surface area contributed by atoms with E-state index in [-0.39, 0.29) is 5.75 Å². The largest absolute Gasteiger partial charge is 0.506 e. The minimum Gasteiger partial charge on any atom is -0.506 e. The molecule has 0 aliphatic carbocycles. The molecule has 0 unspecified atom stereocenters. The van der Waals surface area contributed by atoms with Gasteiger partial charge >= 0.3 is 0 Å². The zero-order valence-electron chi connectivity index (χ0n) is 16.7. The van der Waals surface area contributed by atoms with Gasteiger partial charge in [-0.25, -0.2) is 0 Å². The lowest BCUT2D eigenvalue weighted by atomic mass is 10.1. The Labute approximate surface area is 179 Å². The molecule has 0 aliphatic rings. The van der Waals surface area contributed by atoms with Crippen LogP contribution in [-0.2, 0) is 0 Å². The van der Waals surface area contributed by atoms with E-state index in [4.69, 9.17) is 0 Å². The molecule has 1 N–H and O–H groups in total. The van der Waals surface area contributed by atoms with Gasteiger partial charge in [-0.05, 0) is 46.8 Å². The zero-order valence-corrected chi connectivity index (χ0v) is 16.7. The van der Waals surface area contributed by atoms with Crippen LogP contribution in [0, 0.1) is 0 Å². The minimum atomic E-state index is 0.117. The summed E-state index contributed by atoms with van der Waals surface area (Å²) in [4.78, 5) is 4.40. The maximum atomic E-state index is 10.2. The Bertz CT molecular complexity index is 1430. The number of azo groups is 1. The number of benzene rings is 4. The number of aromatic hydroxyl groups is 1. The van der Waals surface area contributed by atoms with Crippen molar-refractivity contribution in [1.82, 2.24) is 4.98 Å². The number of nitrogens with zero attached hydrogens (tertiary/aromatic N) is 3. The van der Waals surface area contributed by atoms with Gasteiger partial charge in [0.25, 0.3) is 0 Å². The van der Waals surface area contributed by atoms with E-state index in [0.717, 1.165) is 38.5 Å². The number of phenols is 1. The summed E-state index contributed by atoms with van der Waals surface area (Å²) in [6, 6.07) is 29.3. The summed E-state index contributed by atoms with van der Waals surface area (Å²) in [5.74, 6) is 0.117. The topological polar surface area (TPSA) is 57.8 Å². The van der Waals surface area contributed by atoms with Crippen molar-refractivity contribution in [1.29, 1.82) is 0 Å². The summed E-state index contributed by atoms with van der Waals surface area (Å²) in [6.45, 7) is 0. The lowest BCUT2D eigenvalue weighted by molar-refractivity contribution is 0.477. The van der Waals surface area contributed by atoms with Gasteiger partial charge in [-0.2, -0.15) is 5.11 Å². The van der Waals surface area contributed by atoms with Crippen molar-refractivity contribution in [2.75, 3.05) is 0 Å². The molecule has 1 heterocycles. The lowest BCUT2D eigenvalue weighted by Crippen LogP contribution is -1.81. The van der Waals surface area contributed by atoms with Crippen LogP contribution in [0.3, 0.4) is 0 Å². The van der Waals surface area contributed by atoms with Crippen molar-refractivity contribution >= 4 is 45.2 Å². The number of fused-ring (bicyclic) bond motifs is 2. The molecular weight excluding hydrogens is 382 g/mol. The highest BCUT2D eigenvalue weighted by atomic mass is 16.3. The summed E-state index contributed by atoms with van der Waals surface area (Å²) < 4.78 is 0. The average Bonchev–Trinajstić information content (AvgIpc) is 2.83. The summed E-state index contributed by atoms with van der Waals surface area (Å²) >= 11 is 0. The highest BCUT2D eigenvalue weighted by Crippen LogP contribution is 2.36. The van der Waals surface area contributed by atoms with Gasteiger partial charge in [0.1, 0.15) is 11.4 Å². The van der Waals surface area contributed by atoms with Gasteiger partial charge in [0, 0.05) is 17.0 Å². The van der Waals surface area contributed by atoms with Crippen LogP contribution in [0.1, 0.15) is 11.1 Å². The molecule has 0 radical (unpaired) electrons. The van der Waals surface area contributed by atoms with Crippen molar-refractivity contribution < 1.29 is 5.11 Å². The normalized spacial score (nSPS) is 11.7. The van der Waals surface area contributed by atoms with E-state index in [0.29, 0.717) is 5.69 Å². The van der Waals surface area contributed by atoms with E-state index in [1.54, 1.807) is 6.07 Å². The third-order valence-corrected chi connectivity index (χ3v) is 5.18. The van der Waals surface area contributed by atoms with Crippen molar-refractivity contribution in [2.24, 2.45) is 10.2 Å². The molecule has 0 spiro atoms. The summed E-state index contributed by atoms with van der Waals surface area (Å²) in [5, 5.41) is 21.9. The van der Waals surface area contributed by atoms with Gasteiger partial charge < -0.3 is 5.11 Å². The molecular formula is C27H19N3O. The Morgan fingerprint density at radius 2 is 1.45 bits per heavy atom. The van der Waals surface area contributed by atoms with Crippen LogP contribution in [0.25, 0.3) is 33.8 Å². The third-order valence-electron chi connectivity index (χ3n) is 5.18. The Morgan fingerprint density at radius 1 is 0.677 bits per heavy atom. The molecule has 0 saturated heterocycles. The molecule has 5 aromatic rings. The van der Waals surface area contributed by atoms with Crippen LogP contribution in [0.15, 0.2) is 107 Å². The van der Waals surface area contributed by atoms with Gasteiger partial charge in [0.2, 0.25) is 0 Å². The predicted octanol–water partition coefficient (Wildman–Crippen LogP) is 7.68. The van der Waals surface area contributed by atoms with Gasteiger partial charge in [0.05, 0.1) is 11.2 Å². The maximum Gasteiger partial charge on any atom is 0.143 e. The molecule has 0 aliphatic heterocycles. The maximum absolute atomic E-state index is 10.2. The molecule has 4 nitrogen and oxygen atoms in total. The summed E-state index contributed by atoms with van der Waals surface area (Å²) in [5.41, 5.74) is 4.37. The van der Waals surface area contributed by atoms with Crippen LogP contribution in [0.5, 0.6) is 5.75 Å². The van der Waals surface area contributed by atoms with Crippen molar-refractivity contribution in [3.63, 3.8) is 0 Å². The Kier molecular flexibility index (Phi) is 4.95. The fourth-order valence-electron chi connectivity index (χ4n) is 3.56. The van der Waals surface area contributed by atoms with Crippen molar-refractivity contribution in [3.05, 3.63) is 108 Å². The van der Waals surface area contributed by atoms with Gasteiger partial charge in [-0.15, -0.1) is 5.11 Å². The average molecular weight is 401 g/mol. The Balaban J connectivity index is 1.38. The number of phenolic OH excluding ortho intramolecular Hbond substituents is 1. The molecule has 0 bridgehead atoms. The molecule has 5 rings (SSSR count). The number of rotatable bonds is 4. The number of hydrogen-bond donors (Lipinski definition) is 1. The monoisotopic (exact) mass is 401 g/mol. The molecule has 4 aromatic carbocycles. The van der Waals surface area contributed by atoms with Gasteiger partial charge in [-0.1, -0.05) is 72.8 Å². The van der Waals surface area contributed by atoms with Crippen LogP contribution in [0.4, 0.5) is 11.4 Å². The van der Waals surface area contributed by atoms with E-state index in [1.807, 2.05) is 85.1 Å². The molecule has 31 heavy (non-hydrogen) atoms. The molecule has 1 aromatic heterocycles. The molecule has 0 saturated carbocycles. The minimum absolute atomic E-state index is 0.117. The van der Waals surface area contributed by atoms with Crippen LogP contribution in [-0.4, -0.2) is 10.1 Å². The number of hydrogen-bond acceptors (Lipinski definition) is 4. The van der Waals surface area contributed by atoms with Crippen LogP contribution >= 0.6 is 0 Å². The SMILES string of the molecule is Oc1ccc2ccccc2c1/N=N/c1ccc(/C=C/c2ccnc3ccccc23)cc1.